The van der Waals surface area contributed by atoms with Crippen LogP contribution in [0, 0.1) is 5.92 Å². The molecule has 1 aromatic carbocycles. The van der Waals surface area contributed by atoms with Gasteiger partial charge in [0.2, 0.25) is 0 Å². The van der Waals surface area contributed by atoms with Crippen molar-refractivity contribution in [2.45, 2.75) is 19.8 Å². The quantitative estimate of drug-likeness (QED) is 0.794. The lowest BCUT2D eigenvalue weighted by Crippen LogP contribution is -1.95. The van der Waals surface area contributed by atoms with Crippen molar-refractivity contribution >= 4 is 11.5 Å². The van der Waals surface area contributed by atoms with Crippen molar-refractivity contribution in [2.75, 3.05) is 6.61 Å². The molecule has 1 N–H and O–H groups in total. The number of rotatable bonds is 5. The summed E-state index contributed by atoms with van der Waals surface area (Å²) in [6.07, 6.45) is 3.51. The van der Waals surface area contributed by atoms with Gasteiger partial charge in [-0.3, -0.25) is 0 Å². The van der Waals surface area contributed by atoms with Crippen LogP contribution in [0.1, 0.15) is 25.3 Å². The van der Waals surface area contributed by atoms with Crippen molar-refractivity contribution in [2.24, 2.45) is 5.92 Å². The Morgan fingerprint density at radius 3 is 2.53 bits per heavy atom. The Morgan fingerprint density at radius 2 is 2.06 bits per heavy atom. The lowest BCUT2D eigenvalue weighted by atomic mass is 10.0. The van der Waals surface area contributed by atoms with Gasteiger partial charge in [-0.05, 0) is 49.0 Å². The summed E-state index contributed by atoms with van der Waals surface area (Å²) in [5.41, 5.74) is 1.92. The Labute approximate surface area is 101 Å². The molecule has 17 heavy (non-hydrogen) atoms. The molecular formula is C14H16O3. The summed E-state index contributed by atoms with van der Waals surface area (Å²) in [6, 6.07) is 7.63. The van der Waals surface area contributed by atoms with Crippen molar-refractivity contribution in [1.82, 2.24) is 0 Å². The van der Waals surface area contributed by atoms with Crippen LogP contribution in [0.3, 0.4) is 0 Å². The van der Waals surface area contributed by atoms with Crippen LogP contribution in [0.25, 0.3) is 5.57 Å². The first kappa shape index (κ1) is 11.7. The number of hydrogen-bond donors (Lipinski definition) is 1. The van der Waals surface area contributed by atoms with E-state index in [0.29, 0.717) is 12.5 Å². The third kappa shape index (κ3) is 3.09. The molecule has 3 nitrogen and oxygen atoms in total. The first-order chi connectivity index (χ1) is 8.20. The number of hydrogen-bond acceptors (Lipinski definition) is 2. The second-order valence-corrected chi connectivity index (χ2v) is 4.17. The molecule has 0 radical (unpaired) electrons. The Kier molecular flexibility index (Phi) is 3.47. The Bertz CT molecular complexity index is 427. The van der Waals surface area contributed by atoms with Gasteiger partial charge in [0.1, 0.15) is 5.75 Å². The van der Waals surface area contributed by atoms with Crippen LogP contribution >= 0.6 is 0 Å². The molecule has 0 bridgehead atoms. The summed E-state index contributed by atoms with van der Waals surface area (Å²) >= 11 is 0. The largest absolute Gasteiger partial charge is 0.494 e. The van der Waals surface area contributed by atoms with E-state index in [2.05, 4.69) is 0 Å². The highest BCUT2D eigenvalue weighted by Gasteiger charge is 2.27. The predicted octanol–water partition coefficient (Wildman–Crippen LogP) is 2.96. The van der Waals surface area contributed by atoms with Crippen LogP contribution in [0.15, 0.2) is 30.3 Å². The SMILES string of the molecule is CCOc1ccc(/C(=C/C(=O)O)C2CC2)cc1. The summed E-state index contributed by atoms with van der Waals surface area (Å²) in [5, 5.41) is 8.86. The highest BCUT2D eigenvalue weighted by molar-refractivity contribution is 5.91. The van der Waals surface area contributed by atoms with Crippen molar-refractivity contribution in [3.63, 3.8) is 0 Å². The molecule has 3 heteroatoms. The number of benzene rings is 1. The minimum absolute atomic E-state index is 0.420. The number of aliphatic carboxylic acids is 1. The first-order valence-corrected chi connectivity index (χ1v) is 5.88. The van der Waals surface area contributed by atoms with E-state index in [9.17, 15) is 4.79 Å². The Morgan fingerprint density at radius 1 is 1.41 bits per heavy atom. The average molecular weight is 232 g/mol. The van der Waals surface area contributed by atoms with Crippen LogP contribution < -0.4 is 4.74 Å². The fourth-order valence-electron chi connectivity index (χ4n) is 1.87. The highest BCUT2D eigenvalue weighted by Crippen LogP contribution is 2.42. The molecular weight excluding hydrogens is 216 g/mol. The van der Waals surface area contributed by atoms with Gasteiger partial charge in [0.25, 0.3) is 0 Å². The molecule has 0 unspecified atom stereocenters. The lowest BCUT2D eigenvalue weighted by molar-refractivity contribution is -0.131. The van der Waals surface area contributed by atoms with E-state index in [1.165, 1.54) is 6.08 Å². The second kappa shape index (κ2) is 5.04. The van der Waals surface area contributed by atoms with E-state index in [0.717, 1.165) is 29.7 Å². The van der Waals surface area contributed by atoms with E-state index in [1.54, 1.807) is 0 Å². The molecule has 0 heterocycles. The number of allylic oxidation sites excluding steroid dienone is 1. The molecule has 90 valence electrons. The fourth-order valence-corrected chi connectivity index (χ4v) is 1.87. The minimum Gasteiger partial charge on any atom is -0.494 e. The van der Waals surface area contributed by atoms with E-state index >= 15 is 0 Å². The van der Waals surface area contributed by atoms with Gasteiger partial charge in [-0.2, -0.15) is 0 Å². The third-order valence-corrected chi connectivity index (χ3v) is 2.79. The summed E-state index contributed by atoms with van der Waals surface area (Å²) < 4.78 is 5.36. The maximum atomic E-state index is 10.8. The molecule has 0 aromatic heterocycles. The molecule has 1 aliphatic carbocycles. The molecule has 1 saturated carbocycles. The van der Waals surface area contributed by atoms with Crippen molar-refractivity contribution in [3.05, 3.63) is 35.9 Å². The third-order valence-electron chi connectivity index (χ3n) is 2.79. The van der Waals surface area contributed by atoms with Gasteiger partial charge in [0.15, 0.2) is 0 Å². The molecule has 0 aliphatic heterocycles. The van der Waals surface area contributed by atoms with Gasteiger partial charge >= 0.3 is 5.97 Å². The lowest BCUT2D eigenvalue weighted by Gasteiger charge is -2.07. The Hall–Kier alpha value is -1.77. The molecule has 0 saturated heterocycles. The van der Waals surface area contributed by atoms with E-state index in [4.69, 9.17) is 9.84 Å². The van der Waals surface area contributed by atoms with Crippen LogP contribution in [0.5, 0.6) is 5.75 Å². The summed E-state index contributed by atoms with van der Waals surface area (Å²) in [6.45, 7) is 2.58. The summed E-state index contributed by atoms with van der Waals surface area (Å²) in [4.78, 5) is 10.8. The maximum Gasteiger partial charge on any atom is 0.328 e. The summed E-state index contributed by atoms with van der Waals surface area (Å²) in [7, 11) is 0. The van der Waals surface area contributed by atoms with Crippen molar-refractivity contribution in [3.8, 4) is 5.75 Å². The zero-order valence-electron chi connectivity index (χ0n) is 9.85. The van der Waals surface area contributed by atoms with E-state index in [-0.39, 0.29) is 0 Å². The zero-order chi connectivity index (χ0) is 12.3. The van der Waals surface area contributed by atoms with Gasteiger partial charge in [-0.25, -0.2) is 4.79 Å². The zero-order valence-corrected chi connectivity index (χ0v) is 9.85. The first-order valence-electron chi connectivity index (χ1n) is 5.88. The van der Waals surface area contributed by atoms with Gasteiger partial charge in [-0.15, -0.1) is 0 Å². The van der Waals surface area contributed by atoms with E-state index < -0.39 is 5.97 Å². The average Bonchev–Trinajstić information content (AvgIpc) is 3.11. The van der Waals surface area contributed by atoms with Gasteiger partial charge in [-0.1, -0.05) is 12.1 Å². The van der Waals surface area contributed by atoms with Crippen LogP contribution in [0.4, 0.5) is 0 Å². The topological polar surface area (TPSA) is 46.5 Å². The number of carboxylic acid groups (broad SMARTS) is 1. The summed E-state index contributed by atoms with van der Waals surface area (Å²) in [5.74, 6) is 0.367. The van der Waals surface area contributed by atoms with Crippen LogP contribution in [-0.4, -0.2) is 17.7 Å². The molecule has 1 aliphatic rings. The highest BCUT2D eigenvalue weighted by atomic mass is 16.5. The number of ether oxygens (including phenoxy) is 1. The molecule has 0 atom stereocenters. The molecule has 0 amide bonds. The van der Waals surface area contributed by atoms with Crippen LogP contribution in [-0.2, 0) is 4.79 Å². The molecule has 1 aromatic rings. The van der Waals surface area contributed by atoms with Crippen LogP contribution in [0.2, 0.25) is 0 Å². The van der Waals surface area contributed by atoms with Crippen molar-refractivity contribution in [1.29, 1.82) is 0 Å². The Balaban J connectivity index is 2.21. The smallest absolute Gasteiger partial charge is 0.328 e. The number of carbonyl (C=O) groups is 1. The second-order valence-electron chi connectivity index (χ2n) is 4.17. The standard InChI is InChI=1S/C14H16O3/c1-2-17-12-7-5-11(6-8-12)13(9-14(15)16)10-3-4-10/h5-10H,2-4H2,1H3,(H,15,16)/b13-9+. The molecule has 1 fully saturated rings. The monoisotopic (exact) mass is 232 g/mol. The maximum absolute atomic E-state index is 10.8. The predicted molar refractivity (Wildman–Crippen MR) is 65.9 cm³/mol. The van der Waals surface area contributed by atoms with E-state index in [1.807, 2.05) is 31.2 Å². The van der Waals surface area contributed by atoms with Gasteiger partial charge < -0.3 is 9.84 Å². The molecule has 2 rings (SSSR count). The molecule has 0 spiro atoms. The number of carboxylic acids is 1. The van der Waals surface area contributed by atoms with Gasteiger partial charge in [0, 0.05) is 6.08 Å². The van der Waals surface area contributed by atoms with Gasteiger partial charge in [0.05, 0.1) is 6.61 Å². The normalized spacial score (nSPS) is 15.7. The fraction of sp³-hybridized carbons (Fsp3) is 0.357. The van der Waals surface area contributed by atoms with Crippen molar-refractivity contribution < 1.29 is 14.6 Å². The minimum atomic E-state index is -0.874.